The Morgan fingerprint density at radius 3 is 2.71 bits per heavy atom. The smallest absolute Gasteiger partial charge is 0.163 e. The van der Waals surface area contributed by atoms with Crippen LogP contribution in [0, 0.1) is 5.92 Å². The number of aromatic nitrogens is 2. The van der Waals surface area contributed by atoms with Gasteiger partial charge in [0.1, 0.15) is 5.82 Å². The van der Waals surface area contributed by atoms with Gasteiger partial charge < -0.3 is 14.5 Å². The molecule has 112 valence electrons. The van der Waals surface area contributed by atoms with E-state index in [1.54, 1.807) is 0 Å². The summed E-state index contributed by atoms with van der Waals surface area (Å²) in [7, 11) is 0. The normalized spacial score (nSPS) is 19.6. The molecule has 0 bridgehead atoms. The van der Waals surface area contributed by atoms with E-state index in [2.05, 4.69) is 16.7 Å². The predicted octanol–water partition coefficient (Wildman–Crippen LogP) is 3.41. The summed E-state index contributed by atoms with van der Waals surface area (Å²) in [6.45, 7) is 1.44. The second-order valence-corrected chi connectivity index (χ2v) is 7.03. The Labute approximate surface area is 128 Å². The first-order valence-electron chi connectivity index (χ1n) is 7.74. The molecule has 0 spiro atoms. The van der Waals surface area contributed by atoms with E-state index in [0.29, 0.717) is 0 Å². The molecule has 1 aromatic carbocycles. The number of H-pyrrole nitrogens is 1. The van der Waals surface area contributed by atoms with E-state index in [9.17, 15) is 0 Å². The van der Waals surface area contributed by atoms with Gasteiger partial charge in [-0.15, -0.1) is 0 Å². The lowest BCUT2D eigenvalue weighted by Crippen LogP contribution is -2.12. The first-order valence-corrected chi connectivity index (χ1v) is 8.90. The topological polar surface area (TPSA) is 47.1 Å². The van der Waals surface area contributed by atoms with Gasteiger partial charge in [-0.1, -0.05) is 0 Å². The lowest BCUT2D eigenvalue weighted by molar-refractivity contribution is 0.297. The molecule has 0 unspecified atom stereocenters. The highest BCUT2D eigenvalue weighted by atomic mass is 32.2. The number of hydrogen-bond donors (Lipinski definition) is 1. The predicted molar refractivity (Wildman–Crippen MR) is 85.5 cm³/mol. The van der Waals surface area contributed by atoms with E-state index in [1.807, 2.05) is 12.1 Å². The molecule has 5 heteroatoms. The van der Waals surface area contributed by atoms with E-state index < -0.39 is 0 Å². The van der Waals surface area contributed by atoms with Crippen molar-refractivity contribution >= 4 is 22.8 Å². The monoisotopic (exact) mass is 304 g/mol. The summed E-state index contributed by atoms with van der Waals surface area (Å²) in [5.74, 6) is 6.12. The van der Waals surface area contributed by atoms with Crippen LogP contribution in [-0.2, 0) is 6.42 Å². The Morgan fingerprint density at radius 1 is 1.14 bits per heavy atom. The SMILES string of the molecule is c1c2c(cc3[nH]c(CC4CCSCC4)nc13)OCCCO2. The lowest BCUT2D eigenvalue weighted by Gasteiger charge is -2.19. The Balaban J connectivity index is 1.60. The molecule has 4 nitrogen and oxygen atoms in total. The van der Waals surface area contributed by atoms with Crippen LogP contribution in [0.4, 0.5) is 0 Å². The molecule has 0 saturated carbocycles. The summed E-state index contributed by atoms with van der Waals surface area (Å²) in [5.41, 5.74) is 2.04. The summed E-state index contributed by atoms with van der Waals surface area (Å²) in [6.07, 6.45) is 4.61. The fourth-order valence-corrected chi connectivity index (χ4v) is 4.24. The maximum Gasteiger partial charge on any atom is 0.163 e. The molecule has 2 aromatic rings. The van der Waals surface area contributed by atoms with Crippen LogP contribution >= 0.6 is 11.8 Å². The average molecular weight is 304 g/mol. The Morgan fingerprint density at radius 2 is 1.90 bits per heavy atom. The van der Waals surface area contributed by atoms with E-state index >= 15 is 0 Å². The van der Waals surface area contributed by atoms with Crippen molar-refractivity contribution in [3.63, 3.8) is 0 Å². The number of nitrogens with zero attached hydrogens (tertiary/aromatic N) is 1. The summed E-state index contributed by atoms with van der Waals surface area (Å²) in [4.78, 5) is 8.21. The van der Waals surface area contributed by atoms with Gasteiger partial charge in [-0.2, -0.15) is 11.8 Å². The molecule has 1 aromatic heterocycles. The zero-order chi connectivity index (χ0) is 14.1. The number of fused-ring (bicyclic) bond motifs is 2. The molecule has 0 radical (unpaired) electrons. The molecule has 0 atom stereocenters. The molecule has 1 N–H and O–H groups in total. The first-order chi connectivity index (χ1) is 10.4. The van der Waals surface area contributed by atoms with E-state index in [1.165, 1.54) is 24.3 Å². The highest BCUT2D eigenvalue weighted by Gasteiger charge is 2.18. The van der Waals surface area contributed by atoms with E-state index in [-0.39, 0.29) is 0 Å². The number of aromatic amines is 1. The van der Waals surface area contributed by atoms with Crippen LogP contribution < -0.4 is 9.47 Å². The minimum absolute atomic E-state index is 0.718. The number of thioether (sulfide) groups is 1. The van der Waals surface area contributed by atoms with Crippen LogP contribution in [0.1, 0.15) is 25.1 Å². The Kier molecular flexibility index (Phi) is 3.67. The Hall–Kier alpha value is -1.36. The molecule has 2 aliphatic heterocycles. The summed E-state index contributed by atoms with van der Waals surface area (Å²) >= 11 is 2.07. The van der Waals surface area contributed by atoms with Crippen molar-refractivity contribution in [3.8, 4) is 11.5 Å². The number of nitrogens with one attached hydrogen (secondary N) is 1. The van der Waals surface area contributed by atoms with Gasteiger partial charge in [0.05, 0.1) is 24.2 Å². The zero-order valence-electron chi connectivity index (χ0n) is 12.1. The van der Waals surface area contributed by atoms with Crippen molar-refractivity contribution in [2.24, 2.45) is 5.92 Å². The highest BCUT2D eigenvalue weighted by molar-refractivity contribution is 7.99. The van der Waals surface area contributed by atoms with Crippen molar-refractivity contribution in [1.29, 1.82) is 0 Å². The van der Waals surface area contributed by atoms with Crippen LogP contribution in [0.2, 0.25) is 0 Å². The largest absolute Gasteiger partial charge is 0.489 e. The molecular formula is C16H20N2O2S. The van der Waals surface area contributed by atoms with E-state index in [0.717, 1.165) is 60.3 Å². The van der Waals surface area contributed by atoms with Gasteiger partial charge in [0, 0.05) is 25.0 Å². The maximum absolute atomic E-state index is 5.74. The molecular weight excluding hydrogens is 284 g/mol. The molecule has 3 heterocycles. The van der Waals surface area contributed by atoms with Crippen LogP contribution in [-0.4, -0.2) is 34.7 Å². The highest BCUT2D eigenvalue weighted by Crippen LogP contribution is 2.34. The maximum atomic E-state index is 5.74. The van der Waals surface area contributed by atoms with Crippen LogP contribution in [0.15, 0.2) is 12.1 Å². The number of benzene rings is 1. The van der Waals surface area contributed by atoms with Crippen molar-refractivity contribution in [1.82, 2.24) is 9.97 Å². The lowest BCUT2D eigenvalue weighted by atomic mass is 9.99. The van der Waals surface area contributed by atoms with Crippen LogP contribution in [0.25, 0.3) is 11.0 Å². The van der Waals surface area contributed by atoms with E-state index in [4.69, 9.17) is 14.5 Å². The van der Waals surface area contributed by atoms with Gasteiger partial charge in [0.25, 0.3) is 0 Å². The van der Waals surface area contributed by atoms with Crippen molar-refractivity contribution < 1.29 is 9.47 Å². The second-order valence-electron chi connectivity index (χ2n) is 5.81. The van der Waals surface area contributed by atoms with Gasteiger partial charge in [0.15, 0.2) is 11.5 Å². The zero-order valence-corrected chi connectivity index (χ0v) is 12.9. The first kappa shape index (κ1) is 13.3. The van der Waals surface area contributed by atoms with Gasteiger partial charge in [-0.3, -0.25) is 0 Å². The van der Waals surface area contributed by atoms with Crippen molar-refractivity contribution in [2.75, 3.05) is 24.7 Å². The van der Waals surface area contributed by atoms with Crippen molar-refractivity contribution in [2.45, 2.75) is 25.7 Å². The molecule has 21 heavy (non-hydrogen) atoms. The standard InChI is InChI=1S/C16H20N2O2S/c1-4-19-14-9-12-13(10-15(14)20-5-1)18-16(17-12)8-11-2-6-21-7-3-11/h9-11H,1-8H2,(H,17,18). The minimum Gasteiger partial charge on any atom is -0.489 e. The fourth-order valence-electron chi connectivity index (χ4n) is 3.04. The molecule has 0 amide bonds. The van der Waals surface area contributed by atoms with Crippen LogP contribution in [0.5, 0.6) is 11.5 Å². The Bertz CT molecular complexity index is 591. The second kappa shape index (κ2) is 5.79. The number of hydrogen-bond acceptors (Lipinski definition) is 4. The summed E-state index contributed by atoms with van der Waals surface area (Å²) < 4.78 is 11.5. The molecule has 2 aliphatic rings. The quantitative estimate of drug-likeness (QED) is 0.923. The van der Waals surface area contributed by atoms with Gasteiger partial charge in [-0.25, -0.2) is 4.98 Å². The fraction of sp³-hybridized carbons (Fsp3) is 0.562. The number of rotatable bonds is 2. The molecule has 0 aliphatic carbocycles. The minimum atomic E-state index is 0.718. The number of imidazole rings is 1. The summed E-state index contributed by atoms with van der Waals surface area (Å²) in [6, 6.07) is 4.04. The molecule has 1 fully saturated rings. The third-order valence-corrected chi connectivity index (χ3v) is 5.27. The molecule has 4 rings (SSSR count). The summed E-state index contributed by atoms with van der Waals surface area (Å²) in [5, 5.41) is 0. The van der Waals surface area contributed by atoms with Crippen molar-refractivity contribution in [3.05, 3.63) is 18.0 Å². The third-order valence-electron chi connectivity index (χ3n) is 4.22. The van der Waals surface area contributed by atoms with Gasteiger partial charge in [-0.05, 0) is 30.3 Å². The molecule has 1 saturated heterocycles. The van der Waals surface area contributed by atoms with Gasteiger partial charge >= 0.3 is 0 Å². The third kappa shape index (κ3) is 2.84. The average Bonchev–Trinajstić information content (AvgIpc) is 2.74. The number of ether oxygens (including phenoxy) is 2. The van der Waals surface area contributed by atoms with Crippen LogP contribution in [0.3, 0.4) is 0 Å². The van der Waals surface area contributed by atoms with Gasteiger partial charge in [0.2, 0.25) is 0 Å².